The predicted molar refractivity (Wildman–Crippen MR) is 109 cm³/mol. The van der Waals surface area contributed by atoms with E-state index in [-0.39, 0.29) is 29.8 Å². The monoisotopic (exact) mass is 416 g/mol. The maximum Gasteiger partial charge on any atom is 0.337 e. The zero-order valence-electron chi connectivity index (χ0n) is 17.3. The fourth-order valence-corrected chi connectivity index (χ4v) is 3.54. The highest BCUT2D eigenvalue weighted by atomic mass is 16.5. The summed E-state index contributed by atoms with van der Waals surface area (Å²) in [5.74, 6) is -0.958. The number of esters is 1. The molecule has 2 fully saturated rings. The number of rotatable bonds is 7. The molecule has 0 aliphatic carbocycles. The van der Waals surface area contributed by atoms with Crippen molar-refractivity contribution in [3.8, 4) is 0 Å². The van der Waals surface area contributed by atoms with E-state index < -0.39 is 18.3 Å². The van der Waals surface area contributed by atoms with Crippen LogP contribution in [0, 0.1) is 0 Å². The standard InChI is InChI=1S/C22H28N2O6/c1-15-9-10-30-20-12-23(16(2)21(26)24(15)20)11-18(22(27)28-3)19(25)14-29-13-17-7-5-4-6-8-17/h4-8,11,15,19-20,25H,2,9-10,12-14H2,1,3H3/b18-11+/t15-,19?,20+/m1/s1. The lowest BCUT2D eigenvalue weighted by Crippen LogP contribution is -2.60. The second-order valence-electron chi connectivity index (χ2n) is 7.37. The maximum atomic E-state index is 12.8. The zero-order valence-corrected chi connectivity index (χ0v) is 17.3. The lowest BCUT2D eigenvalue weighted by Gasteiger charge is -2.47. The molecule has 162 valence electrons. The first-order valence-electron chi connectivity index (χ1n) is 9.92. The summed E-state index contributed by atoms with van der Waals surface area (Å²) in [5.41, 5.74) is 1.14. The van der Waals surface area contributed by atoms with Crippen LogP contribution in [-0.2, 0) is 30.4 Å². The average molecular weight is 416 g/mol. The highest BCUT2D eigenvalue weighted by molar-refractivity contribution is 5.94. The summed E-state index contributed by atoms with van der Waals surface area (Å²) >= 11 is 0. The zero-order chi connectivity index (χ0) is 21.7. The Bertz CT molecular complexity index is 809. The van der Waals surface area contributed by atoms with Crippen molar-refractivity contribution in [3.63, 3.8) is 0 Å². The molecule has 30 heavy (non-hydrogen) atoms. The Morgan fingerprint density at radius 1 is 1.40 bits per heavy atom. The van der Waals surface area contributed by atoms with E-state index in [2.05, 4.69) is 6.58 Å². The Balaban J connectivity index is 1.71. The summed E-state index contributed by atoms with van der Waals surface area (Å²) in [6.07, 6.45) is 0.500. The summed E-state index contributed by atoms with van der Waals surface area (Å²) in [6.45, 7) is 6.90. The number of carbonyl (C=O) groups excluding carboxylic acids is 2. The number of nitrogens with zero attached hydrogens (tertiary/aromatic N) is 2. The number of methoxy groups -OCH3 is 1. The minimum absolute atomic E-state index is 0.0168. The SMILES string of the molecule is C=C1C(=O)N2[C@H](C)CCO[C@H]2CN1/C=C(/C(=O)OC)C(O)COCc1ccccc1. The van der Waals surface area contributed by atoms with E-state index in [0.717, 1.165) is 12.0 Å². The predicted octanol–water partition coefficient (Wildman–Crippen LogP) is 1.41. The summed E-state index contributed by atoms with van der Waals surface area (Å²) in [7, 11) is 1.23. The lowest BCUT2D eigenvalue weighted by atomic mass is 10.1. The molecular formula is C22H28N2O6. The molecule has 2 aliphatic rings. The van der Waals surface area contributed by atoms with Gasteiger partial charge in [-0.15, -0.1) is 0 Å². The molecule has 0 saturated carbocycles. The van der Waals surface area contributed by atoms with Crippen molar-refractivity contribution in [1.82, 2.24) is 9.80 Å². The summed E-state index contributed by atoms with van der Waals surface area (Å²) < 4.78 is 16.1. The number of aliphatic hydroxyl groups excluding tert-OH is 1. The first-order chi connectivity index (χ1) is 14.4. The lowest BCUT2D eigenvalue weighted by molar-refractivity contribution is -0.170. The van der Waals surface area contributed by atoms with Crippen LogP contribution in [0.25, 0.3) is 0 Å². The molecule has 1 aromatic carbocycles. The summed E-state index contributed by atoms with van der Waals surface area (Å²) in [5, 5.41) is 10.6. The smallest absolute Gasteiger partial charge is 0.337 e. The molecule has 1 unspecified atom stereocenters. The van der Waals surface area contributed by atoms with E-state index in [1.165, 1.54) is 18.2 Å². The van der Waals surface area contributed by atoms with Gasteiger partial charge in [0.1, 0.15) is 6.10 Å². The molecule has 2 aliphatic heterocycles. The van der Waals surface area contributed by atoms with Gasteiger partial charge in [-0.3, -0.25) is 4.79 Å². The van der Waals surface area contributed by atoms with Crippen LogP contribution in [0.2, 0.25) is 0 Å². The minimum atomic E-state index is -1.23. The summed E-state index contributed by atoms with van der Waals surface area (Å²) in [4.78, 5) is 28.3. The van der Waals surface area contributed by atoms with Gasteiger partial charge < -0.3 is 29.1 Å². The number of hydrogen-bond donors (Lipinski definition) is 1. The van der Waals surface area contributed by atoms with Crippen LogP contribution in [0.4, 0.5) is 0 Å². The molecule has 0 spiro atoms. The molecule has 1 N–H and O–H groups in total. The van der Waals surface area contributed by atoms with Gasteiger partial charge in [-0.25, -0.2) is 4.79 Å². The first kappa shape index (κ1) is 22.0. The molecule has 0 radical (unpaired) electrons. The van der Waals surface area contributed by atoms with E-state index in [4.69, 9.17) is 14.2 Å². The third-order valence-electron chi connectivity index (χ3n) is 5.27. The molecule has 8 nitrogen and oxygen atoms in total. The molecule has 0 bridgehead atoms. The first-order valence-corrected chi connectivity index (χ1v) is 9.92. The van der Waals surface area contributed by atoms with E-state index in [0.29, 0.717) is 19.8 Å². The Morgan fingerprint density at radius 2 is 2.13 bits per heavy atom. The van der Waals surface area contributed by atoms with Crippen molar-refractivity contribution in [2.45, 2.75) is 38.3 Å². The number of aliphatic hydroxyl groups is 1. The van der Waals surface area contributed by atoms with Crippen molar-refractivity contribution in [3.05, 3.63) is 59.9 Å². The van der Waals surface area contributed by atoms with Crippen LogP contribution >= 0.6 is 0 Å². The molecule has 3 rings (SSSR count). The average Bonchev–Trinajstić information content (AvgIpc) is 2.75. The van der Waals surface area contributed by atoms with Crippen LogP contribution in [0.15, 0.2) is 54.4 Å². The second kappa shape index (κ2) is 9.88. The van der Waals surface area contributed by atoms with Crippen molar-refractivity contribution in [1.29, 1.82) is 0 Å². The number of hydrogen-bond acceptors (Lipinski definition) is 7. The Morgan fingerprint density at radius 3 is 2.83 bits per heavy atom. The van der Waals surface area contributed by atoms with Gasteiger partial charge in [-0.1, -0.05) is 36.9 Å². The van der Waals surface area contributed by atoms with Crippen molar-refractivity contribution < 1.29 is 28.9 Å². The van der Waals surface area contributed by atoms with E-state index >= 15 is 0 Å². The number of fused-ring (bicyclic) bond motifs is 1. The molecule has 1 aromatic rings. The highest BCUT2D eigenvalue weighted by Gasteiger charge is 2.40. The van der Waals surface area contributed by atoms with E-state index in [1.807, 2.05) is 37.3 Å². The summed E-state index contributed by atoms with van der Waals surface area (Å²) in [6, 6.07) is 9.56. The van der Waals surface area contributed by atoms with Gasteiger partial charge in [0, 0.05) is 12.2 Å². The van der Waals surface area contributed by atoms with Gasteiger partial charge in [-0.05, 0) is 18.9 Å². The van der Waals surface area contributed by atoms with E-state index in [9.17, 15) is 14.7 Å². The fraction of sp³-hybridized carbons (Fsp3) is 0.455. The maximum absolute atomic E-state index is 12.8. The Labute approximate surface area is 176 Å². The molecule has 2 heterocycles. The van der Waals surface area contributed by atoms with Crippen LogP contribution in [0.5, 0.6) is 0 Å². The van der Waals surface area contributed by atoms with Gasteiger partial charge in [0.25, 0.3) is 5.91 Å². The normalized spacial score (nSPS) is 23.2. The second-order valence-corrected chi connectivity index (χ2v) is 7.37. The van der Waals surface area contributed by atoms with Gasteiger partial charge in [0.15, 0.2) is 6.23 Å². The van der Waals surface area contributed by atoms with Gasteiger partial charge in [-0.2, -0.15) is 0 Å². The quantitative estimate of drug-likeness (QED) is 0.531. The minimum Gasteiger partial charge on any atom is -0.466 e. The van der Waals surface area contributed by atoms with E-state index in [1.54, 1.807) is 4.90 Å². The molecule has 3 atom stereocenters. The number of ether oxygens (including phenoxy) is 3. The third kappa shape index (κ3) is 4.89. The molecular weight excluding hydrogens is 388 g/mol. The van der Waals surface area contributed by atoms with Crippen molar-refractivity contribution in [2.24, 2.45) is 0 Å². The molecule has 2 saturated heterocycles. The molecule has 0 aromatic heterocycles. The molecule has 1 amide bonds. The van der Waals surface area contributed by atoms with Crippen LogP contribution in [0.3, 0.4) is 0 Å². The fourth-order valence-electron chi connectivity index (χ4n) is 3.54. The van der Waals surface area contributed by atoms with Gasteiger partial charge in [0.05, 0.1) is 44.7 Å². The van der Waals surface area contributed by atoms with Gasteiger partial charge >= 0.3 is 5.97 Å². The number of amides is 1. The molecule has 8 heteroatoms. The largest absolute Gasteiger partial charge is 0.466 e. The highest BCUT2D eigenvalue weighted by Crippen LogP contribution is 2.27. The number of carbonyl (C=O) groups is 2. The van der Waals surface area contributed by atoms with Crippen molar-refractivity contribution in [2.75, 3.05) is 26.9 Å². The van der Waals surface area contributed by atoms with Crippen molar-refractivity contribution >= 4 is 11.9 Å². The number of benzene rings is 1. The Hall–Kier alpha value is -2.68. The van der Waals surface area contributed by atoms with Crippen LogP contribution in [-0.4, -0.2) is 72.0 Å². The third-order valence-corrected chi connectivity index (χ3v) is 5.27. The topological polar surface area (TPSA) is 88.5 Å². The number of piperazine rings is 1. The Kier molecular flexibility index (Phi) is 7.25. The van der Waals surface area contributed by atoms with Gasteiger partial charge in [0.2, 0.25) is 0 Å². The van der Waals surface area contributed by atoms with Crippen LogP contribution < -0.4 is 0 Å². The van der Waals surface area contributed by atoms with Crippen LogP contribution in [0.1, 0.15) is 18.9 Å².